The van der Waals surface area contributed by atoms with Gasteiger partial charge in [-0.05, 0) is 44.7 Å². The molecule has 1 fully saturated rings. The molecule has 0 N–H and O–H groups in total. The van der Waals surface area contributed by atoms with Crippen LogP contribution in [-0.2, 0) is 0 Å². The third-order valence-corrected chi connectivity index (χ3v) is 4.77. The third-order valence-electron chi connectivity index (χ3n) is 4.77. The molecule has 3 heterocycles. The summed E-state index contributed by atoms with van der Waals surface area (Å²) in [5.41, 5.74) is 2.31. The van der Waals surface area contributed by atoms with Gasteiger partial charge in [-0.3, -0.25) is 19.8 Å². The van der Waals surface area contributed by atoms with Crippen LogP contribution in [0.2, 0.25) is 0 Å². The Hall–Kier alpha value is -1.78. The molecule has 2 unspecified atom stereocenters. The number of pyridine rings is 2. The molecule has 1 aliphatic heterocycles. The lowest BCUT2D eigenvalue weighted by Crippen LogP contribution is -2.52. The van der Waals surface area contributed by atoms with Crippen molar-refractivity contribution in [1.29, 1.82) is 0 Å². The summed E-state index contributed by atoms with van der Waals surface area (Å²) in [4.78, 5) is 14.4. The van der Waals surface area contributed by atoms with E-state index in [1.165, 1.54) is 0 Å². The predicted octanol–water partition coefficient (Wildman–Crippen LogP) is 3.30. The molecule has 0 aromatic carbocycles. The zero-order valence-corrected chi connectivity index (χ0v) is 14.3. The minimum Gasteiger partial charge on any atom is -0.297 e. The molecule has 4 nitrogen and oxygen atoms in total. The van der Waals surface area contributed by atoms with E-state index in [0.29, 0.717) is 18.1 Å². The summed E-state index contributed by atoms with van der Waals surface area (Å²) in [5, 5.41) is 0. The highest BCUT2D eigenvalue weighted by Crippen LogP contribution is 2.35. The Morgan fingerprint density at radius 1 is 0.957 bits per heavy atom. The highest BCUT2D eigenvalue weighted by Gasteiger charge is 2.37. The fourth-order valence-corrected chi connectivity index (χ4v) is 3.48. The molecule has 0 bridgehead atoms. The Balaban J connectivity index is 1.97. The molecule has 2 aromatic rings. The van der Waals surface area contributed by atoms with Gasteiger partial charge in [0.05, 0.1) is 23.5 Å². The van der Waals surface area contributed by atoms with Crippen molar-refractivity contribution >= 4 is 0 Å². The van der Waals surface area contributed by atoms with Crippen LogP contribution in [0.5, 0.6) is 0 Å². The van der Waals surface area contributed by atoms with Crippen molar-refractivity contribution in [3.8, 4) is 0 Å². The minimum absolute atomic E-state index is 0.310. The smallest absolute Gasteiger partial charge is 0.0655 e. The first-order valence-corrected chi connectivity index (χ1v) is 8.52. The zero-order chi connectivity index (χ0) is 16.2. The Labute approximate surface area is 139 Å². The van der Waals surface area contributed by atoms with Crippen LogP contribution in [0.25, 0.3) is 0 Å². The van der Waals surface area contributed by atoms with Gasteiger partial charge >= 0.3 is 0 Å². The lowest BCUT2D eigenvalue weighted by molar-refractivity contribution is 0.00698. The summed E-state index contributed by atoms with van der Waals surface area (Å²) in [5.74, 6) is 0. The molecule has 0 aliphatic carbocycles. The Kier molecular flexibility index (Phi) is 5.03. The second kappa shape index (κ2) is 7.20. The molecule has 23 heavy (non-hydrogen) atoms. The van der Waals surface area contributed by atoms with Crippen molar-refractivity contribution in [2.75, 3.05) is 19.6 Å². The van der Waals surface area contributed by atoms with Crippen LogP contribution in [0.4, 0.5) is 0 Å². The van der Waals surface area contributed by atoms with Crippen molar-refractivity contribution in [3.05, 3.63) is 60.2 Å². The van der Waals surface area contributed by atoms with Crippen molar-refractivity contribution in [1.82, 2.24) is 19.8 Å². The topological polar surface area (TPSA) is 32.3 Å². The van der Waals surface area contributed by atoms with E-state index >= 15 is 0 Å². The molecule has 0 amide bonds. The van der Waals surface area contributed by atoms with E-state index < -0.39 is 0 Å². The van der Waals surface area contributed by atoms with E-state index in [1.807, 2.05) is 24.5 Å². The van der Waals surface area contributed by atoms with Crippen molar-refractivity contribution in [3.63, 3.8) is 0 Å². The van der Waals surface area contributed by atoms with Gasteiger partial charge in [-0.2, -0.15) is 0 Å². The maximum absolute atomic E-state index is 4.63. The Morgan fingerprint density at radius 3 is 1.83 bits per heavy atom. The first-order chi connectivity index (χ1) is 11.2. The monoisotopic (exact) mass is 310 g/mol. The number of nitrogens with zero attached hydrogens (tertiary/aromatic N) is 4. The van der Waals surface area contributed by atoms with E-state index in [4.69, 9.17) is 0 Å². The highest BCUT2D eigenvalue weighted by molar-refractivity contribution is 5.16. The standard InChI is InChI=1S/C19H26N4/c1-4-23-18(16-9-5-7-11-20-16)13-22(15(2)3)14-19(23)17-10-6-8-12-21-17/h5-12,15,18-19H,4,13-14H2,1-3H3. The van der Waals surface area contributed by atoms with Crippen molar-refractivity contribution in [2.45, 2.75) is 38.9 Å². The maximum Gasteiger partial charge on any atom is 0.0655 e. The Morgan fingerprint density at radius 2 is 1.48 bits per heavy atom. The SMILES string of the molecule is CCN1C(c2ccccn2)CN(C(C)C)CC1c1ccccn1. The molecule has 0 saturated carbocycles. The molecule has 0 radical (unpaired) electrons. The first-order valence-electron chi connectivity index (χ1n) is 8.52. The normalized spacial score (nSPS) is 23.3. The average molecular weight is 310 g/mol. The van der Waals surface area contributed by atoms with Crippen LogP contribution in [0.15, 0.2) is 48.8 Å². The van der Waals surface area contributed by atoms with Gasteiger partial charge in [0.15, 0.2) is 0 Å². The molecule has 122 valence electrons. The van der Waals surface area contributed by atoms with Gasteiger partial charge in [0.25, 0.3) is 0 Å². The summed E-state index contributed by atoms with van der Waals surface area (Å²) in [6, 6.07) is 13.6. The molecule has 0 spiro atoms. The summed E-state index contributed by atoms with van der Waals surface area (Å²) in [6.45, 7) is 9.81. The number of piperazine rings is 1. The molecule has 4 heteroatoms. The van der Waals surface area contributed by atoms with E-state index in [0.717, 1.165) is 31.0 Å². The van der Waals surface area contributed by atoms with E-state index in [1.54, 1.807) is 0 Å². The largest absolute Gasteiger partial charge is 0.297 e. The fourth-order valence-electron chi connectivity index (χ4n) is 3.48. The summed E-state index contributed by atoms with van der Waals surface area (Å²) < 4.78 is 0. The van der Waals surface area contributed by atoms with Crippen LogP contribution in [0, 0.1) is 0 Å². The minimum atomic E-state index is 0.310. The summed E-state index contributed by atoms with van der Waals surface area (Å²) in [7, 11) is 0. The number of likely N-dealkylation sites (N-methyl/N-ethyl adjacent to an activating group) is 1. The van der Waals surface area contributed by atoms with E-state index in [9.17, 15) is 0 Å². The second-order valence-electron chi connectivity index (χ2n) is 6.42. The average Bonchev–Trinajstić information content (AvgIpc) is 2.62. The van der Waals surface area contributed by atoms with Gasteiger partial charge < -0.3 is 0 Å². The lowest BCUT2D eigenvalue weighted by Gasteiger charge is -2.47. The molecule has 2 atom stereocenters. The molecule has 1 saturated heterocycles. The van der Waals surface area contributed by atoms with E-state index in [-0.39, 0.29) is 0 Å². The predicted molar refractivity (Wildman–Crippen MR) is 93.0 cm³/mol. The first kappa shape index (κ1) is 16.1. The molecule has 2 aromatic heterocycles. The molecule has 3 rings (SSSR count). The second-order valence-corrected chi connectivity index (χ2v) is 6.42. The van der Waals surface area contributed by atoms with Gasteiger partial charge in [-0.1, -0.05) is 19.1 Å². The fraction of sp³-hybridized carbons (Fsp3) is 0.474. The van der Waals surface area contributed by atoms with Crippen LogP contribution in [0.1, 0.15) is 44.2 Å². The van der Waals surface area contributed by atoms with Crippen molar-refractivity contribution in [2.24, 2.45) is 0 Å². The number of rotatable bonds is 4. The Bertz CT molecular complexity index is 550. The number of aromatic nitrogens is 2. The van der Waals surface area contributed by atoms with Gasteiger partial charge in [0.1, 0.15) is 0 Å². The van der Waals surface area contributed by atoms with Crippen LogP contribution in [-0.4, -0.2) is 45.4 Å². The highest BCUT2D eigenvalue weighted by atomic mass is 15.3. The van der Waals surface area contributed by atoms with E-state index in [2.05, 4.69) is 64.8 Å². The third kappa shape index (κ3) is 3.43. The molecular formula is C19H26N4. The number of hydrogen-bond acceptors (Lipinski definition) is 4. The summed E-state index contributed by atoms with van der Waals surface area (Å²) in [6.07, 6.45) is 3.79. The molecule has 1 aliphatic rings. The zero-order valence-electron chi connectivity index (χ0n) is 14.3. The lowest BCUT2D eigenvalue weighted by atomic mass is 9.98. The van der Waals surface area contributed by atoms with Crippen LogP contribution < -0.4 is 0 Å². The van der Waals surface area contributed by atoms with Crippen LogP contribution >= 0.6 is 0 Å². The van der Waals surface area contributed by atoms with Gasteiger partial charge in [-0.15, -0.1) is 0 Å². The van der Waals surface area contributed by atoms with Gasteiger partial charge in [0, 0.05) is 31.5 Å². The van der Waals surface area contributed by atoms with Crippen molar-refractivity contribution < 1.29 is 0 Å². The summed E-state index contributed by atoms with van der Waals surface area (Å²) >= 11 is 0. The quantitative estimate of drug-likeness (QED) is 0.867. The maximum atomic E-state index is 4.63. The van der Waals surface area contributed by atoms with Gasteiger partial charge in [-0.25, -0.2) is 0 Å². The molecular weight excluding hydrogens is 284 g/mol. The number of hydrogen-bond donors (Lipinski definition) is 0. The van der Waals surface area contributed by atoms with Crippen LogP contribution in [0.3, 0.4) is 0 Å². The van der Waals surface area contributed by atoms with Gasteiger partial charge in [0.2, 0.25) is 0 Å².